The minimum absolute atomic E-state index is 0.150. The molecular formula is C26H23FN4O2S. The molecule has 2 N–H and O–H groups in total. The number of thiazole rings is 1. The molecule has 34 heavy (non-hydrogen) atoms. The second-order valence-electron chi connectivity index (χ2n) is 8.35. The maximum Gasteiger partial charge on any atom is 0.322 e. The molecule has 0 saturated heterocycles. The summed E-state index contributed by atoms with van der Waals surface area (Å²) in [6.45, 7) is 3.90. The lowest BCUT2D eigenvalue weighted by molar-refractivity contribution is -0.114. The summed E-state index contributed by atoms with van der Waals surface area (Å²) in [6.07, 6.45) is 0.783. The normalized spacial score (nSPS) is 13.6. The Morgan fingerprint density at radius 3 is 2.68 bits per heavy atom. The molecule has 0 radical (unpaired) electrons. The van der Waals surface area contributed by atoms with Crippen LogP contribution in [0.4, 0.5) is 20.0 Å². The molecule has 0 unspecified atom stereocenters. The fourth-order valence-corrected chi connectivity index (χ4v) is 5.15. The van der Waals surface area contributed by atoms with E-state index in [4.69, 9.17) is 0 Å². The number of hydrogen-bond donors (Lipinski definition) is 2. The summed E-state index contributed by atoms with van der Waals surface area (Å²) < 4.78 is 14.6. The topological polar surface area (TPSA) is 74.3 Å². The van der Waals surface area contributed by atoms with Crippen molar-refractivity contribution in [3.8, 4) is 11.1 Å². The highest BCUT2D eigenvalue weighted by Gasteiger charge is 2.26. The Balaban J connectivity index is 1.39. The van der Waals surface area contributed by atoms with Gasteiger partial charge in [0, 0.05) is 19.2 Å². The second kappa shape index (κ2) is 8.87. The maximum absolute atomic E-state index is 13.6. The number of carbonyl (C=O) groups excluding carboxylic acids is 2. The molecule has 3 aromatic carbocycles. The molecule has 1 aliphatic heterocycles. The van der Waals surface area contributed by atoms with Crippen LogP contribution in [-0.4, -0.2) is 23.5 Å². The Labute approximate surface area is 200 Å². The highest BCUT2D eigenvalue weighted by Crippen LogP contribution is 2.35. The molecule has 0 bridgehead atoms. The summed E-state index contributed by atoms with van der Waals surface area (Å²) in [5.74, 6) is -0.472. The molecule has 0 saturated carbocycles. The Bertz CT molecular complexity index is 1420. The third-order valence-corrected chi connectivity index (χ3v) is 6.85. The number of fused-ring (bicyclic) bond motifs is 2. The first-order valence-electron chi connectivity index (χ1n) is 11.0. The maximum atomic E-state index is 13.6. The van der Waals surface area contributed by atoms with Crippen LogP contribution < -0.4 is 15.5 Å². The van der Waals surface area contributed by atoms with E-state index in [0.29, 0.717) is 11.7 Å². The number of anilines is 2. The van der Waals surface area contributed by atoms with E-state index in [-0.39, 0.29) is 23.8 Å². The van der Waals surface area contributed by atoms with Gasteiger partial charge in [0.25, 0.3) is 0 Å². The molecule has 1 aliphatic rings. The first-order chi connectivity index (χ1) is 16.4. The number of urea groups is 1. The lowest BCUT2D eigenvalue weighted by Gasteiger charge is -2.22. The van der Waals surface area contributed by atoms with Gasteiger partial charge in [-0.15, -0.1) is 0 Å². The molecule has 0 fully saturated rings. The van der Waals surface area contributed by atoms with Crippen molar-refractivity contribution in [2.75, 3.05) is 16.8 Å². The molecule has 2 heterocycles. The zero-order chi connectivity index (χ0) is 23.8. The Hall–Kier alpha value is -3.78. The van der Waals surface area contributed by atoms with Crippen molar-refractivity contribution >= 4 is 44.3 Å². The summed E-state index contributed by atoms with van der Waals surface area (Å²) in [5, 5.41) is 6.29. The predicted molar refractivity (Wildman–Crippen MR) is 134 cm³/mol. The monoisotopic (exact) mass is 474 g/mol. The standard InChI is InChI=1S/C26H23FN4O2S/c1-15(18-4-3-5-21(27)12-18)28-26(33)31-11-10-17-6-7-19(13-23(17)31)20-8-9-22-24(14-20)34-25(30-22)29-16(2)32/h3-9,12-15H,10-11H2,1-2H3,(H,28,33)(H,29,30,32)/t15-/m0/s1. The summed E-state index contributed by atoms with van der Waals surface area (Å²) in [4.78, 5) is 30.6. The summed E-state index contributed by atoms with van der Waals surface area (Å²) in [6, 6.07) is 17.9. The van der Waals surface area contributed by atoms with Crippen LogP contribution in [0.3, 0.4) is 0 Å². The number of halogens is 1. The summed E-state index contributed by atoms with van der Waals surface area (Å²) in [7, 11) is 0. The van der Waals surface area contributed by atoms with Crippen molar-refractivity contribution in [3.63, 3.8) is 0 Å². The van der Waals surface area contributed by atoms with Crippen molar-refractivity contribution in [2.45, 2.75) is 26.3 Å². The van der Waals surface area contributed by atoms with E-state index in [9.17, 15) is 14.0 Å². The van der Waals surface area contributed by atoms with Crippen molar-refractivity contribution < 1.29 is 14.0 Å². The smallest absolute Gasteiger partial charge is 0.322 e. The van der Waals surface area contributed by atoms with E-state index in [1.807, 2.05) is 31.2 Å². The lowest BCUT2D eigenvalue weighted by atomic mass is 10.0. The number of hydrogen-bond acceptors (Lipinski definition) is 4. The summed E-state index contributed by atoms with van der Waals surface area (Å²) >= 11 is 1.43. The third-order valence-electron chi connectivity index (χ3n) is 5.92. The van der Waals surface area contributed by atoms with Gasteiger partial charge in [0.1, 0.15) is 5.82 Å². The van der Waals surface area contributed by atoms with Crippen LogP contribution in [0.15, 0.2) is 60.7 Å². The van der Waals surface area contributed by atoms with Gasteiger partial charge in [-0.25, -0.2) is 14.2 Å². The average Bonchev–Trinajstić information content (AvgIpc) is 3.40. The fourth-order valence-electron chi connectivity index (χ4n) is 4.20. The van der Waals surface area contributed by atoms with Crippen LogP contribution in [0.2, 0.25) is 0 Å². The first kappa shape index (κ1) is 22.0. The van der Waals surface area contributed by atoms with Crippen molar-refractivity contribution in [3.05, 3.63) is 77.6 Å². The molecule has 0 spiro atoms. The van der Waals surface area contributed by atoms with Gasteiger partial charge in [-0.1, -0.05) is 41.7 Å². The highest BCUT2D eigenvalue weighted by molar-refractivity contribution is 7.22. The van der Waals surface area contributed by atoms with Crippen LogP contribution in [0, 0.1) is 5.82 Å². The van der Waals surface area contributed by atoms with Gasteiger partial charge < -0.3 is 10.6 Å². The molecule has 1 atom stereocenters. The van der Waals surface area contributed by atoms with E-state index >= 15 is 0 Å². The molecule has 4 aromatic rings. The molecule has 8 heteroatoms. The molecule has 1 aromatic heterocycles. The number of amides is 3. The quantitative estimate of drug-likeness (QED) is 0.387. The van der Waals surface area contributed by atoms with Crippen LogP contribution in [-0.2, 0) is 11.2 Å². The van der Waals surface area contributed by atoms with Gasteiger partial charge >= 0.3 is 6.03 Å². The van der Waals surface area contributed by atoms with Gasteiger partial charge in [0.05, 0.1) is 16.3 Å². The van der Waals surface area contributed by atoms with Gasteiger partial charge in [-0.2, -0.15) is 0 Å². The van der Waals surface area contributed by atoms with E-state index in [0.717, 1.165) is 44.6 Å². The van der Waals surface area contributed by atoms with Crippen molar-refractivity contribution in [1.29, 1.82) is 0 Å². The van der Waals surface area contributed by atoms with Gasteiger partial charge in [0.2, 0.25) is 5.91 Å². The number of benzene rings is 3. The lowest BCUT2D eigenvalue weighted by Crippen LogP contribution is -2.40. The minimum Gasteiger partial charge on any atom is -0.331 e. The van der Waals surface area contributed by atoms with Crippen LogP contribution >= 0.6 is 11.3 Å². The van der Waals surface area contributed by atoms with E-state index in [2.05, 4.69) is 27.8 Å². The third kappa shape index (κ3) is 4.36. The number of nitrogens with one attached hydrogen (secondary N) is 2. The second-order valence-corrected chi connectivity index (χ2v) is 9.38. The van der Waals surface area contributed by atoms with Crippen LogP contribution in [0.5, 0.6) is 0 Å². The Morgan fingerprint density at radius 1 is 1.09 bits per heavy atom. The Morgan fingerprint density at radius 2 is 1.88 bits per heavy atom. The van der Waals surface area contributed by atoms with Gasteiger partial charge in [-0.05, 0) is 65.9 Å². The number of nitrogens with zero attached hydrogens (tertiary/aromatic N) is 2. The Kier molecular flexibility index (Phi) is 5.75. The fraction of sp³-hybridized carbons (Fsp3) is 0.192. The SMILES string of the molecule is CC(=O)Nc1nc2ccc(-c3ccc4c(c3)N(C(=O)N[C@@H](C)c3cccc(F)c3)CC4)cc2s1. The highest BCUT2D eigenvalue weighted by atomic mass is 32.1. The van der Waals surface area contributed by atoms with Gasteiger partial charge in [0.15, 0.2) is 5.13 Å². The number of rotatable bonds is 4. The average molecular weight is 475 g/mol. The largest absolute Gasteiger partial charge is 0.331 e. The molecule has 5 rings (SSSR count). The molecule has 3 amide bonds. The zero-order valence-electron chi connectivity index (χ0n) is 18.8. The van der Waals surface area contributed by atoms with Crippen LogP contribution in [0.1, 0.15) is 31.0 Å². The molecular weight excluding hydrogens is 451 g/mol. The predicted octanol–water partition coefficient (Wildman–Crippen LogP) is 5.89. The first-order valence-corrected chi connectivity index (χ1v) is 11.8. The number of carbonyl (C=O) groups is 2. The van der Waals surface area contributed by atoms with E-state index < -0.39 is 0 Å². The van der Waals surface area contributed by atoms with Gasteiger partial charge in [-0.3, -0.25) is 9.69 Å². The van der Waals surface area contributed by atoms with Crippen molar-refractivity contribution in [2.24, 2.45) is 0 Å². The number of aromatic nitrogens is 1. The van der Waals surface area contributed by atoms with Crippen molar-refractivity contribution in [1.82, 2.24) is 10.3 Å². The summed E-state index contributed by atoms with van der Waals surface area (Å²) in [5.41, 5.74) is 5.54. The molecule has 6 nitrogen and oxygen atoms in total. The zero-order valence-corrected chi connectivity index (χ0v) is 19.6. The molecule has 0 aliphatic carbocycles. The minimum atomic E-state index is -0.322. The van der Waals surface area contributed by atoms with E-state index in [1.54, 1.807) is 17.0 Å². The van der Waals surface area contributed by atoms with Crippen LogP contribution in [0.25, 0.3) is 21.3 Å². The van der Waals surface area contributed by atoms with E-state index in [1.165, 1.54) is 30.4 Å². The molecule has 172 valence electrons.